The Morgan fingerprint density at radius 1 is 1.07 bits per heavy atom. The van der Waals surface area contributed by atoms with Gasteiger partial charge in [-0.15, -0.1) is 11.3 Å². The maximum absolute atomic E-state index is 5.43. The monoisotopic (exact) mass is 220 g/mol. The third kappa shape index (κ3) is 2.15. The number of rotatable bonds is 3. The summed E-state index contributed by atoms with van der Waals surface area (Å²) in [5.41, 5.74) is 0. The molecular weight excluding hydrogens is 204 g/mol. The molecule has 2 aromatic heterocycles. The van der Waals surface area contributed by atoms with Crippen LogP contribution in [0.15, 0.2) is 34.9 Å². The van der Waals surface area contributed by atoms with E-state index >= 15 is 0 Å². The Morgan fingerprint density at radius 3 is 2.33 bits per heavy atom. The highest BCUT2D eigenvalue weighted by Crippen LogP contribution is 2.33. The SMILES string of the molecule is CC(C)c1ccc(C(C)c2ccco2)s1. The zero-order valence-electron chi connectivity index (χ0n) is 9.36. The van der Waals surface area contributed by atoms with Gasteiger partial charge in [-0.25, -0.2) is 0 Å². The van der Waals surface area contributed by atoms with Crippen molar-refractivity contribution in [3.05, 3.63) is 46.0 Å². The van der Waals surface area contributed by atoms with Crippen LogP contribution in [0.4, 0.5) is 0 Å². The molecule has 0 fully saturated rings. The highest BCUT2D eigenvalue weighted by Gasteiger charge is 2.14. The van der Waals surface area contributed by atoms with Crippen LogP contribution in [0.2, 0.25) is 0 Å². The van der Waals surface area contributed by atoms with E-state index in [0.29, 0.717) is 11.8 Å². The summed E-state index contributed by atoms with van der Waals surface area (Å²) in [5, 5.41) is 0. The maximum Gasteiger partial charge on any atom is 0.111 e. The summed E-state index contributed by atoms with van der Waals surface area (Å²) in [5.74, 6) is 2.04. The average molecular weight is 220 g/mol. The second-order valence-electron chi connectivity index (χ2n) is 4.13. The van der Waals surface area contributed by atoms with Crippen LogP contribution in [-0.4, -0.2) is 0 Å². The highest BCUT2D eigenvalue weighted by atomic mass is 32.1. The highest BCUT2D eigenvalue weighted by molar-refractivity contribution is 7.12. The average Bonchev–Trinajstić information content (AvgIpc) is 2.88. The van der Waals surface area contributed by atoms with Crippen LogP contribution < -0.4 is 0 Å². The smallest absolute Gasteiger partial charge is 0.111 e. The number of furan rings is 1. The third-order valence-electron chi connectivity index (χ3n) is 2.61. The fourth-order valence-electron chi connectivity index (χ4n) is 1.59. The first-order valence-corrected chi connectivity index (χ1v) is 6.13. The van der Waals surface area contributed by atoms with Crippen LogP contribution in [0.5, 0.6) is 0 Å². The van der Waals surface area contributed by atoms with E-state index in [1.54, 1.807) is 6.26 Å². The Labute approximate surface area is 94.7 Å². The molecule has 2 rings (SSSR count). The lowest BCUT2D eigenvalue weighted by atomic mass is 10.1. The molecule has 0 aromatic carbocycles. The first-order chi connectivity index (χ1) is 7.18. The van der Waals surface area contributed by atoms with Gasteiger partial charge in [0.15, 0.2) is 0 Å². The molecule has 0 aliphatic heterocycles. The Bertz CT molecular complexity index is 411. The Balaban J connectivity index is 2.23. The van der Waals surface area contributed by atoms with Gasteiger partial charge in [0.25, 0.3) is 0 Å². The predicted octanol–water partition coefficient (Wildman–Crippen LogP) is 4.62. The molecule has 0 radical (unpaired) electrons. The van der Waals surface area contributed by atoms with Crippen molar-refractivity contribution in [2.24, 2.45) is 0 Å². The van der Waals surface area contributed by atoms with Crippen LogP contribution >= 0.6 is 11.3 Å². The summed E-state index contributed by atoms with van der Waals surface area (Å²) in [4.78, 5) is 2.83. The van der Waals surface area contributed by atoms with Crippen molar-refractivity contribution in [1.29, 1.82) is 0 Å². The Morgan fingerprint density at radius 2 is 1.80 bits per heavy atom. The van der Waals surface area contributed by atoms with Crippen LogP contribution in [0.1, 0.15) is 48.1 Å². The van der Waals surface area contributed by atoms with Crippen LogP contribution in [0, 0.1) is 0 Å². The van der Waals surface area contributed by atoms with E-state index in [1.165, 1.54) is 9.75 Å². The fraction of sp³-hybridized carbons (Fsp3) is 0.385. The minimum atomic E-state index is 0.373. The minimum Gasteiger partial charge on any atom is -0.469 e. The van der Waals surface area contributed by atoms with Gasteiger partial charge < -0.3 is 4.42 Å². The second-order valence-corrected chi connectivity index (χ2v) is 5.28. The van der Waals surface area contributed by atoms with Crippen molar-refractivity contribution in [3.63, 3.8) is 0 Å². The fourth-order valence-corrected chi connectivity index (χ4v) is 2.66. The van der Waals surface area contributed by atoms with Gasteiger partial charge in [-0.1, -0.05) is 20.8 Å². The van der Waals surface area contributed by atoms with Gasteiger partial charge in [-0.05, 0) is 30.2 Å². The first-order valence-electron chi connectivity index (χ1n) is 5.31. The maximum atomic E-state index is 5.43. The van der Waals surface area contributed by atoms with Gasteiger partial charge in [-0.2, -0.15) is 0 Å². The molecule has 1 atom stereocenters. The summed E-state index contributed by atoms with van der Waals surface area (Å²) in [6, 6.07) is 8.43. The van der Waals surface area contributed by atoms with Crippen LogP contribution in [-0.2, 0) is 0 Å². The predicted molar refractivity (Wildman–Crippen MR) is 64.6 cm³/mol. The van der Waals surface area contributed by atoms with Gasteiger partial charge in [0, 0.05) is 15.7 Å². The Hall–Kier alpha value is -1.02. The largest absolute Gasteiger partial charge is 0.469 e. The molecule has 0 aliphatic carbocycles. The molecular formula is C13H16OS. The Kier molecular flexibility index (Phi) is 2.96. The third-order valence-corrected chi connectivity index (χ3v) is 4.18. The van der Waals surface area contributed by atoms with E-state index in [1.807, 2.05) is 23.5 Å². The molecule has 1 nitrogen and oxygen atoms in total. The molecule has 0 saturated heterocycles. The molecule has 2 heteroatoms. The molecule has 80 valence electrons. The zero-order chi connectivity index (χ0) is 10.8. The van der Waals surface area contributed by atoms with Gasteiger partial charge >= 0.3 is 0 Å². The lowest BCUT2D eigenvalue weighted by Crippen LogP contribution is -1.89. The van der Waals surface area contributed by atoms with Gasteiger partial charge in [0.05, 0.1) is 6.26 Å². The normalized spacial score (nSPS) is 13.3. The lowest BCUT2D eigenvalue weighted by molar-refractivity contribution is 0.497. The van der Waals surface area contributed by atoms with Crippen molar-refractivity contribution in [1.82, 2.24) is 0 Å². The summed E-state index contributed by atoms with van der Waals surface area (Å²) >= 11 is 1.89. The van der Waals surface area contributed by atoms with Gasteiger partial charge in [0.1, 0.15) is 5.76 Å². The van der Waals surface area contributed by atoms with Gasteiger partial charge in [0.2, 0.25) is 0 Å². The molecule has 0 amide bonds. The summed E-state index contributed by atoms with van der Waals surface area (Å²) in [6.07, 6.45) is 1.74. The van der Waals surface area contributed by atoms with Crippen molar-refractivity contribution in [2.45, 2.75) is 32.6 Å². The number of hydrogen-bond donors (Lipinski definition) is 0. The summed E-state index contributed by atoms with van der Waals surface area (Å²) in [7, 11) is 0. The van der Waals surface area contributed by atoms with Crippen molar-refractivity contribution < 1.29 is 4.42 Å². The van der Waals surface area contributed by atoms with Crippen LogP contribution in [0.3, 0.4) is 0 Å². The van der Waals surface area contributed by atoms with E-state index in [0.717, 1.165) is 5.76 Å². The number of hydrogen-bond acceptors (Lipinski definition) is 2. The van der Waals surface area contributed by atoms with E-state index < -0.39 is 0 Å². The zero-order valence-corrected chi connectivity index (χ0v) is 10.2. The summed E-state index contributed by atoms with van der Waals surface area (Å²) in [6.45, 7) is 6.65. The molecule has 0 bridgehead atoms. The second kappa shape index (κ2) is 4.23. The summed E-state index contributed by atoms with van der Waals surface area (Å²) < 4.78 is 5.43. The first kappa shape index (κ1) is 10.5. The van der Waals surface area contributed by atoms with Crippen molar-refractivity contribution >= 4 is 11.3 Å². The van der Waals surface area contributed by atoms with E-state index in [2.05, 4.69) is 32.9 Å². The molecule has 1 unspecified atom stereocenters. The van der Waals surface area contributed by atoms with Crippen LogP contribution in [0.25, 0.3) is 0 Å². The molecule has 0 N–H and O–H groups in total. The van der Waals surface area contributed by atoms with E-state index in [-0.39, 0.29) is 0 Å². The molecule has 15 heavy (non-hydrogen) atoms. The number of thiophene rings is 1. The molecule has 0 saturated carbocycles. The minimum absolute atomic E-state index is 0.373. The molecule has 0 aliphatic rings. The molecule has 2 aromatic rings. The topological polar surface area (TPSA) is 13.1 Å². The lowest BCUT2D eigenvalue weighted by Gasteiger charge is -2.05. The van der Waals surface area contributed by atoms with Crippen molar-refractivity contribution in [3.8, 4) is 0 Å². The molecule has 0 spiro atoms. The van der Waals surface area contributed by atoms with Crippen molar-refractivity contribution in [2.75, 3.05) is 0 Å². The molecule has 2 heterocycles. The standard InChI is InChI=1S/C13H16OS/c1-9(2)12-6-7-13(15-12)10(3)11-5-4-8-14-11/h4-10H,1-3H3. The van der Waals surface area contributed by atoms with Gasteiger partial charge in [-0.3, -0.25) is 0 Å². The van der Waals surface area contributed by atoms with E-state index in [9.17, 15) is 0 Å². The van der Waals surface area contributed by atoms with E-state index in [4.69, 9.17) is 4.42 Å². The quantitative estimate of drug-likeness (QED) is 0.735.